The van der Waals surface area contributed by atoms with E-state index in [0.717, 1.165) is 30.0 Å². The highest BCUT2D eigenvalue weighted by molar-refractivity contribution is 7.13. The maximum Gasteiger partial charge on any atom is 0.348 e. The summed E-state index contributed by atoms with van der Waals surface area (Å²) in [5.74, 6) is 0.0121. The molecular formula is C26H37NO4S. The molecule has 0 bridgehead atoms. The van der Waals surface area contributed by atoms with Crippen molar-refractivity contribution in [1.82, 2.24) is 0 Å². The number of carbonyl (C=O) groups excluding carboxylic acids is 2. The molecule has 0 aliphatic carbocycles. The summed E-state index contributed by atoms with van der Waals surface area (Å²) >= 11 is 1.41. The first-order valence-corrected chi connectivity index (χ1v) is 12.4. The molecule has 6 heteroatoms. The SMILES string of the molecule is CCCCCCc1ccc(N2CCCC2=O)cc1.COCc1ccc(C(=O)OC(C)C)s1. The average molecular weight is 460 g/mol. The van der Waals surface area contributed by atoms with Crippen LogP contribution in [0, 0.1) is 0 Å². The Kier molecular flexibility index (Phi) is 11.5. The molecule has 1 fully saturated rings. The lowest BCUT2D eigenvalue weighted by molar-refractivity contribution is -0.117. The van der Waals surface area contributed by atoms with Crippen LogP contribution in [0.1, 0.15) is 79.4 Å². The Bertz CT molecular complexity index is 829. The zero-order chi connectivity index (χ0) is 23.3. The van der Waals surface area contributed by atoms with Crippen molar-refractivity contribution in [3.63, 3.8) is 0 Å². The highest BCUT2D eigenvalue weighted by Crippen LogP contribution is 2.22. The van der Waals surface area contributed by atoms with Gasteiger partial charge >= 0.3 is 5.97 Å². The number of aryl methyl sites for hydroxylation is 1. The lowest BCUT2D eigenvalue weighted by atomic mass is 10.1. The van der Waals surface area contributed by atoms with Gasteiger partial charge in [-0.05, 0) is 62.9 Å². The predicted molar refractivity (Wildman–Crippen MR) is 131 cm³/mol. The zero-order valence-corrected chi connectivity index (χ0v) is 20.7. The average Bonchev–Trinajstić information content (AvgIpc) is 3.41. The Labute approximate surface area is 196 Å². The number of benzene rings is 1. The van der Waals surface area contributed by atoms with Crippen molar-refractivity contribution in [3.05, 3.63) is 51.7 Å². The molecule has 2 aromatic rings. The molecule has 0 atom stereocenters. The second-order valence-electron chi connectivity index (χ2n) is 8.28. The monoisotopic (exact) mass is 459 g/mol. The van der Waals surface area contributed by atoms with E-state index in [-0.39, 0.29) is 18.0 Å². The van der Waals surface area contributed by atoms with Gasteiger partial charge in [-0.3, -0.25) is 4.79 Å². The number of anilines is 1. The Balaban J connectivity index is 0.000000235. The summed E-state index contributed by atoms with van der Waals surface area (Å²) in [5.41, 5.74) is 2.45. The van der Waals surface area contributed by atoms with Crippen molar-refractivity contribution >= 4 is 28.9 Å². The van der Waals surface area contributed by atoms with Crippen molar-refractivity contribution in [2.24, 2.45) is 0 Å². The largest absolute Gasteiger partial charge is 0.459 e. The van der Waals surface area contributed by atoms with Crippen molar-refractivity contribution in [1.29, 1.82) is 0 Å². The molecule has 0 N–H and O–H groups in total. The number of ether oxygens (including phenoxy) is 2. The number of thiophene rings is 1. The van der Waals surface area contributed by atoms with Crippen LogP contribution in [-0.4, -0.2) is 31.6 Å². The third kappa shape index (κ3) is 8.75. The van der Waals surface area contributed by atoms with Crippen LogP contribution >= 0.6 is 11.3 Å². The van der Waals surface area contributed by atoms with E-state index in [1.807, 2.05) is 24.8 Å². The van der Waals surface area contributed by atoms with Gasteiger partial charge in [0.1, 0.15) is 4.88 Å². The van der Waals surface area contributed by atoms with Crippen LogP contribution < -0.4 is 4.90 Å². The third-order valence-corrected chi connectivity index (χ3v) is 6.17. The summed E-state index contributed by atoms with van der Waals surface area (Å²) in [7, 11) is 1.63. The van der Waals surface area contributed by atoms with E-state index in [1.54, 1.807) is 13.2 Å². The summed E-state index contributed by atoms with van der Waals surface area (Å²) in [6.45, 7) is 7.33. The Hall–Kier alpha value is -2.18. The first kappa shape index (κ1) is 26.1. The van der Waals surface area contributed by atoms with Gasteiger partial charge in [0.25, 0.3) is 0 Å². The van der Waals surface area contributed by atoms with Gasteiger partial charge < -0.3 is 14.4 Å². The lowest BCUT2D eigenvalue weighted by Crippen LogP contribution is -2.23. The minimum Gasteiger partial charge on any atom is -0.459 e. The summed E-state index contributed by atoms with van der Waals surface area (Å²) < 4.78 is 10.0. The molecule has 0 unspecified atom stereocenters. The van der Waals surface area contributed by atoms with Gasteiger partial charge in [-0.2, -0.15) is 0 Å². The van der Waals surface area contributed by atoms with E-state index in [1.165, 1.54) is 42.6 Å². The lowest BCUT2D eigenvalue weighted by Gasteiger charge is -2.15. The maximum atomic E-state index is 11.6. The molecule has 32 heavy (non-hydrogen) atoms. The van der Waals surface area contributed by atoms with Gasteiger partial charge in [-0.15, -0.1) is 11.3 Å². The number of carbonyl (C=O) groups is 2. The van der Waals surface area contributed by atoms with Gasteiger partial charge in [0, 0.05) is 30.6 Å². The van der Waals surface area contributed by atoms with Gasteiger partial charge in [0.15, 0.2) is 0 Å². The number of hydrogen-bond donors (Lipinski definition) is 0. The Morgan fingerprint density at radius 2 is 1.84 bits per heavy atom. The summed E-state index contributed by atoms with van der Waals surface area (Å²) in [4.78, 5) is 26.6. The van der Waals surface area contributed by atoms with Crippen LogP contribution in [0.15, 0.2) is 36.4 Å². The molecule has 1 aromatic heterocycles. The van der Waals surface area contributed by atoms with E-state index >= 15 is 0 Å². The first-order valence-electron chi connectivity index (χ1n) is 11.6. The minimum atomic E-state index is -0.257. The number of methoxy groups -OCH3 is 1. The molecule has 1 aliphatic rings. The smallest absolute Gasteiger partial charge is 0.348 e. The maximum absolute atomic E-state index is 11.6. The second kappa shape index (κ2) is 14.1. The molecule has 3 rings (SSSR count). The Morgan fingerprint density at radius 3 is 2.44 bits per heavy atom. The van der Waals surface area contributed by atoms with Gasteiger partial charge in [0.2, 0.25) is 5.91 Å². The summed E-state index contributed by atoms with van der Waals surface area (Å²) in [6.07, 6.45) is 8.01. The number of unbranched alkanes of at least 4 members (excludes halogenated alkanes) is 3. The summed E-state index contributed by atoms with van der Waals surface area (Å²) in [5, 5.41) is 0. The first-order chi connectivity index (χ1) is 15.4. The minimum absolute atomic E-state index is 0.0736. The van der Waals surface area contributed by atoms with Crippen LogP contribution in [0.5, 0.6) is 0 Å². The number of esters is 1. The normalized spacial score (nSPS) is 13.3. The number of hydrogen-bond acceptors (Lipinski definition) is 5. The third-order valence-electron chi connectivity index (χ3n) is 5.13. The highest BCUT2D eigenvalue weighted by atomic mass is 32.1. The second-order valence-corrected chi connectivity index (χ2v) is 9.45. The van der Waals surface area contributed by atoms with E-state index in [9.17, 15) is 9.59 Å². The fourth-order valence-electron chi connectivity index (χ4n) is 3.50. The van der Waals surface area contributed by atoms with E-state index in [0.29, 0.717) is 17.9 Å². The van der Waals surface area contributed by atoms with Gasteiger partial charge in [-0.1, -0.05) is 38.3 Å². The molecule has 1 aliphatic heterocycles. The molecule has 0 spiro atoms. The zero-order valence-electron chi connectivity index (χ0n) is 19.9. The molecule has 176 valence electrons. The van der Waals surface area contributed by atoms with Crippen LogP contribution in [-0.2, 0) is 27.3 Å². The quantitative estimate of drug-likeness (QED) is 0.305. The Morgan fingerprint density at radius 1 is 1.09 bits per heavy atom. The molecular weight excluding hydrogens is 422 g/mol. The topological polar surface area (TPSA) is 55.8 Å². The molecule has 1 saturated heterocycles. The molecule has 0 saturated carbocycles. The van der Waals surface area contributed by atoms with Crippen molar-refractivity contribution in [3.8, 4) is 0 Å². The van der Waals surface area contributed by atoms with E-state index in [4.69, 9.17) is 9.47 Å². The summed E-state index contributed by atoms with van der Waals surface area (Å²) in [6, 6.07) is 12.2. The molecule has 5 nitrogen and oxygen atoms in total. The van der Waals surface area contributed by atoms with Crippen molar-refractivity contribution in [2.45, 2.75) is 78.4 Å². The molecule has 1 aromatic carbocycles. The standard InChI is InChI=1S/C16H23NO.C10H14O3S/c1-2-3-4-5-7-14-9-11-15(12-10-14)17-13-6-8-16(17)18;1-7(2)13-10(11)9-5-4-8(14-9)6-12-3/h9-12H,2-8,13H2,1H3;4-5,7H,6H2,1-3H3. The molecule has 1 amide bonds. The number of rotatable bonds is 10. The fraction of sp³-hybridized carbons (Fsp3) is 0.538. The number of nitrogens with zero attached hydrogens (tertiary/aromatic N) is 1. The van der Waals surface area contributed by atoms with Crippen LogP contribution in [0.4, 0.5) is 5.69 Å². The van der Waals surface area contributed by atoms with Crippen molar-refractivity contribution in [2.75, 3.05) is 18.6 Å². The van der Waals surface area contributed by atoms with E-state index in [2.05, 4.69) is 31.2 Å². The number of amides is 1. The van der Waals surface area contributed by atoms with Crippen LogP contribution in [0.25, 0.3) is 0 Å². The highest BCUT2D eigenvalue weighted by Gasteiger charge is 2.21. The molecule has 0 radical (unpaired) electrons. The molecule has 2 heterocycles. The van der Waals surface area contributed by atoms with Crippen molar-refractivity contribution < 1.29 is 19.1 Å². The van der Waals surface area contributed by atoms with Crippen LogP contribution in [0.3, 0.4) is 0 Å². The van der Waals surface area contributed by atoms with Crippen LogP contribution in [0.2, 0.25) is 0 Å². The fourth-order valence-corrected chi connectivity index (χ4v) is 4.36. The van der Waals surface area contributed by atoms with Gasteiger partial charge in [-0.25, -0.2) is 4.79 Å². The predicted octanol–water partition coefficient (Wildman–Crippen LogP) is 6.40. The van der Waals surface area contributed by atoms with E-state index < -0.39 is 0 Å². The van der Waals surface area contributed by atoms with Gasteiger partial charge in [0.05, 0.1) is 12.7 Å².